The molecule has 0 fully saturated rings. The van der Waals surface area contributed by atoms with Gasteiger partial charge < -0.3 is 14.6 Å². The van der Waals surface area contributed by atoms with Gasteiger partial charge in [-0.1, -0.05) is 0 Å². The lowest BCUT2D eigenvalue weighted by molar-refractivity contribution is -0.135. The summed E-state index contributed by atoms with van der Waals surface area (Å²) in [5.41, 5.74) is -0.301. The summed E-state index contributed by atoms with van der Waals surface area (Å²) in [6.07, 6.45) is 1.54. The summed E-state index contributed by atoms with van der Waals surface area (Å²) in [4.78, 5) is 24.7. The summed E-state index contributed by atoms with van der Waals surface area (Å²) in [6, 6.07) is 3.53. The van der Waals surface area contributed by atoms with E-state index in [1.165, 1.54) is 11.8 Å². The summed E-state index contributed by atoms with van der Waals surface area (Å²) in [5, 5.41) is 2.82. The molecule has 1 N–H and O–H groups in total. The Morgan fingerprint density at radius 3 is 2.50 bits per heavy atom. The third-order valence-electron chi connectivity index (χ3n) is 2.22. The fraction of sp³-hybridized carbons (Fsp3) is 0.538. The highest BCUT2D eigenvalue weighted by Crippen LogP contribution is 2.06. The standard InChI is InChI=1S/C13H20N2O3/c1-10(16)15(8-11-6-5-7-18-11)9-12(17)14-13(2,3)4/h5-7H,8-9H2,1-4H3,(H,14,17). The molecule has 0 radical (unpaired) electrons. The molecule has 5 heteroatoms. The zero-order chi connectivity index (χ0) is 13.8. The van der Waals surface area contributed by atoms with Crippen LogP contribution in [-0.4, -0.2) is 28.8 Å². The molecule has 2 amide bonds. The second kappa shape index (κ2) is 5.71. The molecule has 0 aromatic carbocycles. The van der Waals surface area contributed by atoms with E-state index >= 15 is 0 Å². The predicted molar refractivity (Wildman–Crippen MR) is 67.7 cm³/mol. The zero-order valence-electron chi connectivity index (χ0n) is 11.3. The van der Waals surface area contributed by atoms with Crippen molar-refractivity contribution in [3.63, 3.8) is 0 Å². The van der Waals surface area contributed by atoms with Crippen molar-refractivity contribution in [2.45, 2.75) is 39.8 Å². The second-order valence-electron chi connectivity index (χ2n) is 5.25. The van der Waals surface area contributed by atoms with Crippen molar-refractivity contribution in [3.05, 3.63) is 24.2 Å². The molecule has 0 aliphatic carbocycles. The maximum Gasteiger partial charge on any atom is 0.240 e. The van der Waals surface area contributed by atoms with Crippen molar-refractivity contribution >= 4 is 11.8 Å². The van der Waals surface area contributed by atoms with Crippen LogP contribution in [-0.2, 0) is 16.1 Å². The van der Waals surface area contributed by atoms with Crippen LogP contribution >= 0.6 is 0 Å². The Bertz CT molecular complexity index is 404. The van der Waals surface area contributed by atoms with Gasteiger partial charge in [-0.2, -0.15) is 0 Å². The molecule has 1 aromatic rings. The van der Waals surface area contributed by atoms with Crippen LogP contribution in [0.25, 0.3) is 0 Å². The van der Waals surface area contributed by atoms with Crippen LogP contribution in [0.2, 0.25) is 0 Å². The van der Waals surface area contributed by atoms with E-state index in [4.69, 9.17) is 4.42 Å². The lowest BCUT2D eigenvalue weighted by Gasteiger charge is -2.24. The first-order valence-electron chi connectivity index (χ1n) is 5.87. The summed E-state index contributed by atoms with van der Waals surface area (Å²) >= 11 is 0. The van der Waals surface area contributed by atoms with Crippen LogP contribution in [0, 0.1) is 0 Å². The van der Waals surface area contributed by atoms with E-state index < -0.39 is 0 Å². The Morgan fingerprint density at radius 2 is 2.06 bits per heavy atom. The van der Waals surface area contributed by atoms with Gasteiger partial charge in [0.25, 0.3) is 0 Å². The van der Waals surface area contributed by atoms with Crippen LogP contribution < -0.4 is 5.32 Å². The lowest BCUT2D eigenvalue weighted by Crippen LogP contribution is -2.46. The smallest absolute Gasteiger partial charge is 0.240 e. The number of carbonyl (C=O) groups excluding carboxylic acids is 2. The molecule has 0 aliphatic heterocycles. The molecule has 100 valence electrons. The first-order valence-corrected chi connectivity index (χ1v) is 5.87. The van der Waals surface area contributed by atoms with Crippen molar-refractivity contribution in [1.29, 1.82) is 0 Å². The third kappa shape index (κ3) is 5.03. The number of hydrogen-bond acceptors (Lipinski definition) is 3. The summed E-state index contributed by atoms with van der Waals surface area (Å²) < 4.78 is 5.17. The van der Waals surface area contributed by atoms with E-state index in [-0.39, 0.29) is 23.9 Å². The van der Waals surface area contributed by atoms with Crippen LogP contribution in [0.5, 0.6) is 0 Å². The molecule has 0 saturated heterocycles. The minimum Gasteiger partial charge on any atom is -0.467 e. The fourth-order valence-corrected chi connectivity index (χ4v) is 1.50. The van der Waals surface area contributed by atoms with Crippen molar-refractivity contribution in [1.82, 2.24) is 10.2 Å². The Balaban J connectivity index is 2.58. The molecule has 0 bridgehead atoms. The fourth-order valence-electron chi connectivity index (χ4n) is 1.50. The largest absolute Gasteiger partial charge is 0.467 e. The minimum absolute atomic E-state index is 0.0350. The Morgan fingerprint density at radius 1 is 1.39 bits per heavy atom. The first kappa shape index (κ1) is 14.3. The number of hydrogen-bond donors (Lipinski definition) is 1. The van der Waals surface area contributed by atoms with E-state index in [2.05, 4.69) is 5.32 Å². The van der Waals surface area contributed by atoms with Gasteiger partial charge in [-0.15, -0.1) is 0 Å². The number of nitrogens with zero attached hydrogens (tertiary/aromatic N) is 1. The molecule has 0 unspecified atom stereocenters. The van der Waals surface area contributed by atoms with Crippen LogP contribution in [0.3, 0.4) is 0 Å². The maximum atomic E-state index is 11.8. The Kier molecular flexibility index (Phi) is 4.53. The SMILES string of the molecule is CC(=O)N(CC(=O)NC(C)(C)C)Cc1ccco1. The van der Waals surface area contributed by atoms with Gasteiger partial charge in [-0.3, -0.25) is 9.59 Å². The molecular formula is C13H20N2O3. The van der Waals surface area contributed by atoms with Crippen molar-refractivity contribution in [2.24, 2.45) is 0 Å². The van der Waals surface area contributed by atoms with Gasteiger partial charge >= 0.3 is 0 Å². The van der Waals surface area contributed by atoms with E-state index in [1.54, 1.807) is 18.4 Å². The topological polar surface area (TPSA) is 62.6 Å². The van der Waals surface area contributed by atoms with Gasteiger partial charge in [0.1, 0.15) is 5.76 Å². The molecule has 1 aromatic heterocycles. The summed E-state index contributed by atoms with van der Waals surface area (Å²) in [7, 11) is 0. The highest BCUT2D eigenvalue weighted by molar-refractivity contribution is 5.84. The van der Waals surface area contributed by atoms with Gasteiger partial charge in [0.05, 0.1) is 19.4 Å². The molecule has 0 spiro atoms. The molecule has 5 nitrogen and oxygen atoms in total. The van der Waals surface area contributed by atoms with Crippen molar-refractivity contribution < 1.29 is 14.0 Å². The number of carbonyl (C=O) groups is 2. The maximum absolute atomic E-state index is 11.8. The number of amides is 2. The monoisotopic (exact) mass is 252 g/mol. The highest BCUT2D eigenvalue weighted by Gasteiger charge is 2.19. The average Bonchev–Trinajstić information content (AvgIpc) is 2.66. The number of nitrogens with one attached hydrogen (secondary N) is 1. The number of furan rings is 1. The van der Waals surface area contributed by atoms with E-state index in [0.29, 0.717) is 12.3 Å². The molecule has 0 atom stereocenters. The molecule has 0 saturated carbocycles. The molecule has 0 aliphatic rings. The molecule has 1 rings (SSSR count). The molecule has 1 heterocycles. The van der Waals surface area contributed by atoms with Crippen molar-refractivity contribution in [3.8, 4) is 0 Å². The van der Waals surface area contributed by atoms with Crippen LogP contribution in [0.1, 0.15) is 33.5 Å². The predicted octanol–water partition coefficient (Wildman–Crippen LogP) is 1.54. The number of rotatable bonds is 4. The van der Waals surface area contributed by atoms with E-state index in [1.807, 2.05) is 20.8 Å². The van der Waals surface area contributed by atoms with E-state index in [9.17, 15) is 9.59 Å². The quantitative estimate of drug-likeness (QED) is 0.884. The van der Waals surface area contributed by atoms with Gasteiger partial charge in [0, 0.05) is 12.5 Å². The zero-order valence-corrected chi connectivity index (χ0v) is 11.3. The Labute approximate surface area is 107 Å². The van der Waals surface area contributed by atoms with Gasteiger partial charge in [-0.05, 0) is 32.9 Å². The molecule has 18 heavy (non-hydrogen) atoms. The lowest BCUT2D eigenvalue weighted by atomic mass is 10.1. The second-order valence-corrected chi connectivity index (χ2v) is 5.25. The average molecular weight is 252 g/mol. The third-order valence-corrected chi connectivity index (χ3v) is 2.22. The van der Waals surface area contributed by atoms with Gasteiger partial charge in [0.15, 0.2) is 0 Å². The summed E-state index contributed by atoms with van der Waals surface area (Å²) in [6.45, 7) is 7.47. The Hall–Kier alpha value is -1.78. The molecular weight excluding hydrogens is 232 g/mol. The van der Waals surface area contributed by atoms with E-state index in [0.717, 1.165) is 0 Å². The van der Waals surface area contributed by atoms with Gasteiger partial charge in [0.2, 0.25) is 11.8 Å². The first-order chi connectivity index (χ1) is 8.28. The van der Waals surface area contributed by atoms with Crippen LogP contribution in [0.4, 0.5) is 0 Å². The van der Waals surface area contributed by atoms with Crippen molar-refractivity contribution in [2.75, 3.05) is 6.54 Å². The minimum atomic E-state index is -0.301. The summed E-state index contributed by atoms with van der Waals surface area (Å²) in [5.74, 6) is 0.327. The normalized spacial score (nSPS) is 11.1. The van der Waals surface area contributed by atoms with Gasteiger partial charge in [-0.25, -0.2) is 0 Å². The highest BCUT2D eigenvalue weighted by atomic mass is 16.3. The van der Waals surface area contributed by atoms with Crippen LogP contribution in [0.15, 0.2) is 22.8 Å².